The Morgan fingerprint density at radius 3 is 2.79 bits per heavy atom. The van der Waals surface area contributed by atoms with E-state index < -0.39 is 0 Å². The minimum atomic E-state index is 0.295. The van der Waals surface area contributed by atoms with Crippen LogP contribution >= 0.6 is 0 Å². The van der Waals surface area contributed by atoms with E-state index in [4.69, 9.17) is 0 Å². The molecule has 1 saturated heterocycles. The summed E-state index contributed by atoms with van der Waals surface area (Å²) in [4.78, 5) is 13.0. The Kier molecular flexibility index (Phi) is 4.33. The van der Waals surface area contributed by atoms with Gasteiger partial charge in [0.05, 0.1) is 13.6 Å². The highest BCUT2D eigenvalue weighted by molar-refractivity contribution is 5.94. The predicted molar refractivity (Wildman–Crippen MR) is 58.4 cm³/mol. The van der Waals surface area contributed by atoms with Gasteiger partial charge in [-0.15, -0.1) is 0 Å². The van der Waals surface area contributed by atoms with Crippen molar-refractivity contribution in [3.8, 4) is 0 Å². The van der Waals surface area contributed by atoms with Crippen LogP contribution in [0.2, 0.25) is 0 Å². The third kappa shape index (κ3) is 2.95. The number of ketones is 1. The van der Waals surface area contributed by atoms with E-state index in [0.29, 0.717) is 18.2 Å². The molecular formula is C12H22NO+. The molecule has 2 atom stereocenters. The maximum Gasteiger partial charge on any atom is 0.158 e. The summed E-state index contributed by atoms with van der Waals surface area (Å²) in [6.07, 6.45) is 6.69. The molecule has 0 aliphatic carbocycles. The summed E-state index contributed by atoms with van der Waals surface area (Å²) in [6.45, 7) is 5.12. The highest BCUT2D eigenvalue weighted by Crippen LogP contribution is 2.07. The molecule has 1 aliphatic heterocycles. The number of carbonyl (C=O) groups is 1. The Hall–Kier alpha value is -0.630. The van der Waals surface area contributed by atoms with Gasteiger partial charge in [-0.25, -0.2) is 0 Å². The summed E-state index contributed by atoms with van der Waals surface area (Å²) in [6, 6.07) is 0.569. The van der Waals surface area contributed by atoms with Crippen molar-refractivity contribution in [3.05, 3.63) is 11.6 Å². The summed E-state index contributed by atoms with van der Waals surface area (Å²) in [5.41, 5.74) is 0.957. The molecule has 0 radical (unpaired) electrons. The molecule has 1 aliphatic rings. The molecule has 1 rings (SSSR count). The summed E-state index contributed by atoms with van der Waals surface area (Å²) in [5, 5.41) is 0. The first-order chi connectivity index (χ1) is 6.65. The molecule has 0 amide bonds. The largest absolute Gasteiger partial charge is 0.332 e. The lowest BCUT2D eigenvalue weighted by atomic mass is 9.99. The molecule has 2 heteroatoms. The second kappa shape index (κ2) is 5.30. The van der Waals surface area contributed by atoms with E-state index in [2.05, 4.69) is 13.1 Å². The minimum absolute atomic E-state index is 0.295. The Bertz CT molecular complexity index is 232. The zero-order chi connectivity index (χ0) is 10.6. The smallest absolute Gasteiger partial charge is 0.158 e. The van der Waals surface area contributed by atoms with Crippen LogP contribution in [0.15, 0.2) is 11.6 Å². The predicted octanol–water partition coefficient (Wildman–Crippen LogP) is 0.979. The van der Waals surface area contributed by atoms with E-state index in [1.54, 1.807) is 4.90 Å². The van der Waals surface area contributed by atoms with E-state index in [1.807, 2.05) is 13.8 Å². The van der Waals surface area contributed by atoms with Crippen LogP contribution in [-0.2, 0) is 4.79 Å². The van der Waals surface area contributed by atoms with Crippen LogP contribution in [0.1, 0.15) is 39.5 Å². The number of piperidine rings is 1. The molecule has 1 N–H and O–H groups in total. The van der Waals surface area contributed by atoms with Crippen LogP contribution in [-0.4, -0.2) is 25.4 Å². The fourth-order valence-electron chi connectivity index (χ4n) is 2.10. The van der Waals surface area contributed by atoms with Crippen LogP contribution in [0.5, 0.6) is 0 Å². The topological polar surface area (TPSA) is 21.5 Å². The number of allylic oxidation sites excluding steroid dienone is 1. The van der Waals surface area contributed by atoms with Crippen LogP contribution in [0.25, 0.3) is 0 Å². The number of quaternary nitrogens is 1. The van der Waals surface area contributed by atoms with E-state index >= 15 is 0 Å². The maximum absolute atomic E-state index is 11.4. The van der Waals surface area contributed by atoms with Gasteiger partial charge in [0, 0.05) is 12.8 Å². The van der Waals surface area contributed by atoms with Gasteiger partial charge in [0.25, 0.3) is 0 Å². The number of rotatable bonds is 3. The van der Waals surface area contributed by atoms with Gasteiger partial charge in [-0.2, -0.15) is 0 Å². The molecule has 1 fully saturated rings. The average molecular weight is 196 g/mol. The van der Waals surface area contributed by atoms with Gasteiger partial charge in [-0.3, -0.25) is 4.79 Å². The Labute approximate surface area is 87.0 Å². The van der Waals surface area contributed by atoms with E-state index in [0.717, 1.165) is 5.57 Å². The minimum Gasteiger partial charge on any atom is -0.332 e. The first-order valence-corrected chi connectivity index (χ1v) is 5.69. The molecule has 2 nitrogen and oxygen atoms in total. The highest BCUT2D eigenvalue weighted by atomic mass is 16.1. The molecule has 14 heavy (non-hydrogen) atoms. The van der Waals surface area contributed by atoms with Gasteiger partial charge in [-0.1, -0.05) is 6.92 Å². The lowest BCUT2D eigenvalue weighted by Gasteiger charge is -2.27. The average Bonchev–Trinajstić information content (AvgIpc) is 2.20. The first kappa shape index (κ1) is 11.4. The molecule has 0 bridgehead atoms. The summed E-state index contributed by atoms with van der Waals surface area (Å²) in [7, 11) is 2.23. The van der Waals surface area contributed by atoms with Crippen LogP contribution in [0, 0.1) is 0 Å². The zero-order valence-corrected chi connectivity index (χ0v) is 9.60. The second-order valence-corrected chi connectivity index (χ2v) is 4.33. The van der Waals surface area contributed by atoms with Gasteiger partial charge in [-0.05, 0) is 31.4 Å². The number of Topliss-reactive ketones (excluding diaryl/α,β-unsaturated/α-hetero) is 1. The van der Waals surface area contributed by atoms with Crippen LogP contribution in [0.4, 0.5) is 0 Å². The fraction of sp³-hybridized carbons (Fsp3) is 0.750. The van der Waals surface area contributed by atoms with Gasteiger partial charge >= 0.3 is 0 Å². The Balaban J connectivity index is 2.59. The normalized spacial score (nSPS) is 28.9. The molecule has 0 aromatic rings. The molecule has 0 aromatic heterocycles. The molecule has 1 heterocycles. The number of carbonyl (C=O) groups excluding carboxylic acids is 1. The molecule has 0 aromatic carbocycles. The standard InChI is InChI=1S/C12H21NO/c1-4-12(14)10(2)9-11-7-5-6-8-13(11)3/h9,11H,4-8H2,1-3H3/p+1/b10-9+. The van der Waals surface area contributed by atoms with Crippen molar-refractivity contribution in [2.75, 3.05) is 13.6 Å². The van der Waals surface area contributed by atoms with Crippen LogP contribution in [0.3, 0.4) is 0 Å². The number of likely N-dealkylation sites (N-methyl/N-ethyl adjacent to an activating group) is 1. The first-order valence-electron chi connectivity index (χ1n) is 5.69. The van der Waals surface area contributed by atoms with Crippen molar-refractivity contribution in [3.63, 3.8) is 0 Å². The lowest BCUT2D eigenvalue weighted by molar-refractivity contribution is -0.904. The molecule has 0 spiro atoms. The lowest BCUT2D eigenvalue weighted by Crippen LogP contribution is -3.13. The summed E-state index contributed by atoms with van der Waals surface area (Å²) < 4.78 is 0. The molecule has 2 unspecified atom stereocenters. The van der Waals surface area contributed by atoms with Gasteiger partial charge in [0.15, 0.2) is 5.78 Å². The van der Waals surface area contributed by atoms with E-state index in [-0.39, 0.29) is 0 Å². The fourth-order valence-corrected chi connectivity index (χ4v) is 2.10. The highest BCUT2D eigenvalue weighted by Gasteiger charge is 2.20. The molecular weight excluding hydrogens is 174 g/mol. The van der Waals surface area contributed by atoms with Crippen molar-refractivity contribution in [2.45, 2.75) is 45.6 Å². The number of likely N-dealkylation sites (tertiary alicyclic amines) is 1. The van der Waals surface area contributed by atoms with Crippen LogP contribution < -0.4 is 4.90 Å². The molecule has 0 saturated carbocycles. The summed E-state index contributed by atoms with van der Waals surface area (Å²) in [5.74, 6) is 0.295. The van der Waals surface area contributed by atoms with Crippen molar-refractivity contribution in [2.24, 2.45) is 0 Å². The quantitative estimate of drug-likeness (QED) is 0.668. The van der Waals surface area contributed by atoms with Crippen molar-refractivity contribution >= 4 is 5.78 Å². The third-order valence-electron chi connectivity index (χ3n) is 3.18. The number of hydrogen-bond acceptors (Lipinski definition) is 1. The second-order valence-electron chi connectivity index (χ2n) is 4.33. The van der Waals surface area contributed by atoms with E-state index in [9.17, 15) is 4.79 Å². The monoisotopic (exact) mass is 196 g/mol. The van der Waals surface area contributed by atoms with Gasteiger partial charge in [0.2, 0.25) is 0 Å². The number of nitrogens with one attached hydrogen (secondary N) is 1. The number of hydrogen-bond donors (Lipinski definition) is 1. The maximum atomic E-state index is 11.4. The SMILES string of the molecule is CCC(=O)/C(C)=C/C1CCCC[NH+]1C. The summed E-state index contributed by atoms with van der Waals surface area (Å²) >= 11 is 0. The van der Waals surface area contributed by atoms with Crippen molar-refractivity contribution in [1.82, 2.24) is 0 Å². The molecule has 80 valence electrons. The zero-order valence-electron chi connectivity index (χ0n) is 9.60. The van der Waals surface area contributed by atoms with E-state index in [1.165, 1.54) is 25.8 Å². The Morgan fingerprint density at radius 1 is 1.50 bits per heavy atom. The van der Waals surface area contributed by atoms with Crippen molar-refractivity contribution in [1.29, 1.82) is 0 Å². The Morgan fingerprint density at radius 2 is 2.21 bits per heavy atom. The van der Waals surface area contributed by atoms with Gasteiger partial charge < -0.3 is 4.90 Å². The van der Waals surface area contributed by atoms with Crippen molar-refractivity contribution < 1.29 is 9.69 Å². The van der Waals surface area contributed by atoms with Gasteiger partial charge in [0.1, 0.15) is 6.04 Å². The third-order valence-corrected chi connectivity index (χ3v) is 3.18.